The van der Waals surface area contributed by atoms with E-state index >= 15 is 0 Å². The number of nitrogens with zero attached hydrogens (tertiary/aromatic N) is 2. The van der Waals surface area contributed by atoms with E-state index in [0.717, 1.165) is 0 Å². The molecular formula is C14H15Cl2N3O4S. The molecule has 0 saturated carbocycles. The molecule has 0 bridgehead atoms. The van der Waals surface area contributed by atoms with Crippen molar-refractivity contribution in [1.29, 1.82) is 0 Å². The van der Waals surface area contributed by atoms with Crippen LogP contribution in [0.3, 0.4) is 0 Å². The predicted molar refractivity (Wildman–Crippen MR) is 91.8 cm³/mol. The Morgan fingerprint density at radius 1 is 1.12 bits per heavy atom. The number of rotatable bonds is 6. The number of methoxy groups -OCH3 is 2. The summed E-state index contributed by atoms with van der Waals surface area (Å²) < 4.78 is 37.7. The van der Waals surface area contributed by atoms with E-state index < -0.39 is 10.0 Å². The van der Waals surface area contributed by atoms with E-state index in [1.54, 1.807) is 0 Å². The Balaban J connectivity index is 2.51. The zero-order chi connectivity index (χ0) is 17.9. The third kappa shape index (κ3) is 3.66. The van der Waals surface area contributed by atoms with Gasteiger partial charge in [-0.05, 0) is 18.6 Å². The average molecular weight is 392 g/mol. The fourth-order valence-electron chi connectivity index (χ4n) is 1.92. The number of aryl methyl sites for hydroxylation is 1. The second-order valence-corrected chi connectivity index (χ2v) is 6.98. The van der Waals surface area contributed by atoms with Crippen molar-refractivity contribution in [2.75, 3.05) is 18.9 Å². The number of sulfonamides is 1. The molecule has 0 radical (unpaired) electrons. The van der Waals surface area contributed by atoms with Gasteiger partial charge in [0.05, 0.1) is 24.3 Å². The summed E-state index contributed by atoms with van der Waals surface area (Å²) in [5.74, 6) is 0.176. The highest BCUT2D eigenvalue weighted by atomic mass is 35.5. The maximum absolute atomic E-state index is 12.6. The van der Waals surface area contributed by atoms with Crippen molar-refractivity contribution in [2.45, 2.75) is 18.2 Å². The van der Waals surface area contributed by atoms with Crippen LogP contribution in [0.4, 0.5) is 5.82 Å². The molecule has 0 unspecified atom stereocenters. The molecule has 1 aromatic heterocycles. The van der Waals surface area contributed by atoms with Crippen molar-refractivity contribution in [3.63, 3.8) is 0 Å². The van der Waals surface area contributed by atoms with E-state index in [9.17, 15) is 8.42 Å². The molecule has 0 saturated heterocycles. The van der Waals surface area contributed by atoms with Gasteiger partial charge in [-0.2, -0.15) is 4.98 Å². The van der Waals surface area contributed by atoms with E-state index in [0.29, 0.717) is 12.1 Å². The van der Waals surface area contributed by atoms with Crippen LogP contribution in [0.2, 0.25) is 10.0 Å². The molecule has 1 aromatic carbocycles. The first-order chi connectivity index (χ1) is 11.3. The average Bonchev–Trinajstić information content (AvgIpc) is 2.56. The lowest BCUT2D eigenvalue weighted by Gasteiger charge is -2.14. The standard InChI is InChI=1S/C14H15Cl2N3O4S/c1-4-9-13(22-2)18-14(23-3)12(17-9)19-24(20,21)10-7-5-6-8(15)11(10)16/h5-7H,4H2,1-3H3,(H,17,19). The van der Waals surface area contributed by atoms with E-state index in [1.807, 2.05) is 6.92 Å². The summed E-state index contributed by atoms with van der Waals surface area (Å²) in [6.07, 6.45) is 0.493. The van der Waals surface area contributed by atoms with Crippen LogP contribution in [0.1, 0.15) is 12.6 Å². The minimum Gasteiger partial charge on any atom is -0.480 e. The van der Waals surface area contributed by atoms with Crippen molar-refractivity contribution < 1.29 is 17.9 Å². The zero-order valence-corrected chi connectivity index (χ0v) is 15.5. The lowest BCUT2D eigenvalue weighted by molar-refractivity contribution is 0.359. The number of aromatic nitrogens is 2. The van der Waals surface area contributed by atoms with Gasteiger partial charge < -0.3 is 9.47 Å². The maximum Gasteiger partial charge on any atom is 0.264 e. The summed E-state index contributed by atoms with van der Waals surface area (Å²) in [4.78, 5) is 8.15. The van der Waals surface area contributed by atoms with Crippen molar-refractivity contribution in [1.82, 2.24) is 9.97 Å². The molecule has 1 N–H and O–H groups in total. The topological polar surface area (TPSA) is 90.4 Å². The van der Waals surface area contributed by atoms with Crippen molar-refractivity contribution in [2.24, 2.45) is 0 Å². The number of benzene rings is 1. The van der Waals surface area contributed by atoms with Gasteiger partial charge in [-0.15, -0.1) is 0 Å². The van der Waals surface area contributed by atoms with Gasteiger partial charge in [0.2, 0.25) is 11.7 Å². The highest BCUT2D eigenvalue weighted by Crippen LogP contribution is 2.32. The van der Waals surface area contributed by atoms with Gasteiger partial charge in [0, 0.05) is 0 Å². The molecule has 0 atom stereocenters. The second-order valence-electron chi connectivity index (χ2n) is 4.55. The lowest BCUT2D eigenvalue weighted by Crippen LogP contribution is -2.16. The highest BCUT2D eigenvalue weighted by Gasteiger charge is 2.24. The number of hydrogen-bond acceptors (Lipinski definition) is 6. The molecule has 130 valence electrons. The molecular weight excluding hydrogens is 377 g/mol. The molecule has 0 aliphatic rings. The smallest absolute Gasteiger partial charge is 0.264 e. The van der Waals surface area contributed by atoms with E-state index in [4.69, 9.17) is 32.7 Å². The van der Waals surface area contributed by atoms with Crippen LogP contribution in [-0.2, 0) is 16.4 Å². The Morgan fingerprint density at radius 2 is 1.79 bits per heavy atom. The number of ether oxygens (including phenoxy) is 2. The van der Waals surface area contributed by atoms with Crippen LogP contribution >= 0.6 is 23.2 Å². The Morgan fingerprint density at radius 3 is 2.38 bits per heavy atom. The monoisotopic (exact) mass is 391 g/mol. The highest BCUT2D eigenvalue weighted by molar-refractivity contribution is 7.92. The predicted octanol–water partition coefficient (Wildman–Crippen LogP) is 3.16. The van der Waals surface area contributed by atoms with Gasteiger partial charge in [0.1, 0.15) is 10.6 Å². The number of hydrogen-bond donors (Lipinski definition) is 1. The fourth-order valence-corrected chi connectivity index (χ4v) is 3.68. The summed E-state index contributed by atoms with van der Waals surface area (Å²) in [6, 6.07) is 4.31. The summed E-state index contributed by atoms with van der Waals surface area (Å²) in [5, 5.41) is 0.0457. The van der Waals surface area contributed by atoms with Crippen LogP contribution in [0, 0.1) is 0 Å². The van der Waals surface area contributed by atoms with E-state index in [-0.39, 0.29) is 32.5 Å². The van der Waals surface area contributed by atoms with Crippen molar-refractivity contribution in [3.05, 3.63) is 33.9 Å². The van der Waals surface area contributed by atoms with Crippen molar-refractivity contribution in [3.8, 4) is 11.8 Å². The second kappa shape index (κ2) is 7.42. The number of halogens is 2. The van der Waals surface area contributed by atoms with Gasteiger partial charge in [0.25, 0.3) is 15.9 Å². The van der Waals surface area contributed by atoms with Crippen LogP contribution in [0.25, 0.3) is 0 Å². The summed E-state index contributed by atoms with van der Waals surface area (Å²) >= 11 is 11.9. The molecule has 0 amide bonds. The number of anilines is 1. The Bertz CT molecular complexity index is 859. The van der Waals surface area contributed by atoms with Gasteiger partial charge in [0.15, 0.2) is 0 Å². The van der Waals surface area contributed by atoms with E-state index in [2.05, 4.69) is 14.7 Å². The molecule has 0 fully saturated rings. The molecule has 0 aliphatic carbocycles. The van der Waals surface area contributed by atoms with Gasteiger partial charge in [-0.3, -0.25) is 4.72 Å². The summed E-state index contributed by atoms with van der Waals surface area (Å²) in [7, 11) is -1.24. The van der Waals surface area contributed by atoms with Crippen LogP contribution < -0.4 is 14.2 Å². The first kappa shape index (κ1) is 18.6. The van der Waals surface area contributed by atoms with Gasteiger partial charge in [-0.25, -0.2) is 13.4 Å². The molecule has 0 spiro atoms. The maximum atomic E-state index is 12.6. The molecule has 10 heteroatoms. The van der Waals surface area contributed by atoms with Crippen molar-refractivity contribution >= 4 is 39.0 Å². The normalized spacial score (nSPS) is 11.2. The lowest BCUT2D eigenvalue weighted by atomic mass is 10.3. The number of nitrogens with one attached hydrogen (secondary N) is 1. The van der Waals surface area contributed by atoms with Gasteiger partial charge in [-0.1, -0.05) is 36.2 Å². The van der Waals surface area contributed by atoms with E-state index in [1.165, 1.54) is 32.4 Å². The molecule has 1 heterocycles. The summed E-state index contributed by atoms with van der Waals surface area (Å²) in [5.41, 5.74) is 0.480. The Hall–Kier alpha value is -1.77. The van der Waals surface area contributed by atoms with Gasteiger partial charge >= 0.3 is 0 Å². The Kier molecular flexibility index (Phi) is 5.74. The molecule has 7 nitrogen and oxygen atoms in total. The summed E-state index contributed by atoms with van der Waals surface area (Å²) in [6.45, 7) is 1.84. The third-order valence-electron chi connectivity index (χ3n) is 3.06. The SMILES string of the molecule is CCc1nc(NS(=O)(=O)c2cccc(Cl)c2Cl)c(OC)nc1OC. The molecule has 2 aromatic rings. The van der Waals surface area contributed by atoms with Crippen LogP contribution in [0.5, 0.6) is 11.8 Å². The zero-order valence-electron chi connectivity index (χ0n) is 13.1. The minimum absolute atomic E-state index is 0.0224. The third-order valence-corrected chi connectivity index (χ3v) is 5.37. The molecule has 24 heavy (non-hydrogen) atoms. The quantitative estimate of drug-likeness (QED) is 0.812. The largest absolute Gasteiger partial charge is 0.480 e. The Labute approximate surface area is 150 Å². The minimum atomic E-state index is -4.03. The first-order valence-electron chi connectivity index (χ1n) is 6.79. The fraction of sp³-hybridized carbons (Fsp3) is 0.286. The molecule has 2 rings (SSSR count). The first-order valence-corrected chi connectivity index (χ1v) is 9.03. The molecule has 0 aliphatic heterocycles. The van der Waals surface area contributed by atoms with Crippen LogP contribution in [-0.4, -0.2) is 32.6 Å². The van der Waals surface area contributed by atoms with Crippen LogP contribution in [0.15, 0.2) is 23.1 Å².